The van der Waals surface area contributed by atoms with E-state index in [1.54, 1.807) is 12.0 Å². The molecule has 6 nitrogen and oxygen atoms in total. The fraction of sp³-hybridized carbons (Fsp3) is 0.833. The summed E-state index contributed by atoms with van der Waals surface area (Å²) in [4.78, 5) is 24.3. The van der Waals surface area contributed by atoms with Crippen molar-refractivity contribution in [3.63, 3.8) is 0 Å². The predicted octanol–water partition coefficient (Wildman–Crippen LogP) is 0.775. The molecule has 0 aliphatic carbocycles. The number of piperidine rings is 1. The van der Waals surface area contributed by atoms with Crippen molar-refractivity contribution in [3.05, 3.63) is 0 Å². The number of methoxy groups -OCH3 is 1. The van der Waals surface area contributed by atoms with Crippen molar-refractivity contribution < 1.29 is 19.4 Å². The lowest BCUT2D eigenvalue weighted by Gasteiger charge is -2.31. The largest absolute Gasteiger partial charge is 0.481 e. The normalized spacial score (nSPS) is 21.4. The molecule has 0 aromatic heterocycles. The Bertz CT molecular complexity index is 296. The number of carboxylic acids is 1. The van der Waals surface area contributed by atoms with Crippen molar-refractivity contribution in [2.75, 3.05) is 33.4 Å². The smallest absolute Gasteiger partial charge is 0.317 e. The summed E-state index contributed by atoms with van der Waals surface area (Å²) in [5, 5.41) is 11.8. The number of nitrogens with zero attached hydrogens (tertiary/aromatic N) is 1. The Morgan fingerprint density at radius 1 is 1.56 bits per heavy atom. The number of rotatable bonds is 5. The van der Waals surface area contributed by atoms with Gasteiger partial charge in [0.05, 0.1) is 12.5 Å². The van der Waals surface area contributed by atoms with E-state index < -0.39 is 11.9 Å². The Labute approximate surface area is 107 Å². The van der Waals surface area contributed by atoms with Gasteiger partial charge in [0, 0.05) is 26.7 Å². The van der Waals surface area contributed by atoms with Gasteiger partial charge < -0.3 is 20.1 Å². The molecule has 6 heteroatoms. The first-order valence-corrected chi connectivity index (χ1v) is 6.29. The molecule has 2 N–H and O–H groups in total. The summed E-state index contributed by atoms with van der Waals surface area (Å²) < 4.78 is 4.99. The fourth-order valence-electron chi connectivity index (χ4n) is 2.08. The number of carbonyl (C=O) groups excluding carboxylic acids is 1. The second-order valence-corrected chi connectivity index (χ2v) is 4.87. The highest BCUT2D eigenvalue weighted by atomic mass is 16.5. The molecule has 0 bridgehead atoms. The van der Waals surface area contributed by atoms with Gasteiger partial charge in [-0.1, -0.05) is 6.92 Å². The Balaban J connectivity index is 2.34. The van der Waals surface area contributed by atoms with Crippen molar-refractivity contribution in [1.29, 1.82) is 0 Å². The Kier molecular flexibility index (Phi) is 5.91. The summed E-state index contributed by atoms with van der Waals surface area (Å²) in [6.45, 7) is 4.06. The first kappa shape index (κ1) is 14.8. The van der Waals surface area contributed by atoms with E-state index in [2.05, 4.69) is 5.32 Å². The van der Waals surface area contributed by atoms with E-state index in [1.165, 1.54) is 0 Å². The predicted molar refractivity (Wildman–Crippen MR) is 66.4 cm³/mol. The molecule has 0 radical (unpaired) electrons. The maximum Gasteiger partial charge on any atom is 0.317 e. The molecule has 0 spiro atoms. The number of urea groups is 1. The van der Waals surface area contributed by atoms with Crippen LogP contribution in [0.3, 0.4) is 0 Å². The van der Waals surface area contributed by atoms with Gasteiger partial charge in [0.25, 0.3) is 0 Å². The first-order chi connectivity index (χ1) is 8.54. The quantitative estimate of drug-likeness (QED) is 0.763. The first-order valence-electron chi connectivity index (χ1n) is 6.29. The summed E-state index contributed by atoms with van der Waals surface area (Å²) in [5.41, 5.74) is 0. The van der Waals surface area contributed by atoms with Gasteiger partial charge in [-0.05, 0) is 18.8 Å². The minimum absolute atomic E-state index is 0.177. The van der Waals surface area contributed by atoms with Gasteiger partial charge in [-0.3, -0.25) is 4.79 Å². The van der Waals surface area contributed by atoms with E-state index in [4.69, 9.17) is 9.84 Å². The van der Waals surface area contributed by atoms with Crippen LogP contribution in [-0.2, 0) is 9.53 Å². The van der Waals surface area contributed by atoms with Gasteiger partial charge in [0.2, 0.25) is 0 Å². The second kappa shape index (κ2) is 7.20. The molecule has 18 heavy (non-hydrogen) atoms. The highest BCUT2D eigenvalue weighted by Crippen LogP contribution is 2.16. The van der Waals surface area contributed by atoms with E-state index >= 15 is 0 Å². The minimum atomic E-state index is -0.819. The molecule has 1 aliphatic heterocycles. The molecular weight excluding hydrogens is 236 g/mol. The molecule has 0 aromatic rings. The maximum atomic E-state index is 11.9. The fourth-order valence-corrected chi connectivity index (χ4v) is 2.08. The number of hydrogen-bond donors (Lipinski definition) is 2. The average Bonchev–Trinajstić information content (AvgIpc) is 2.36. The summed E-state index contributed by atoms with van der Waals surface area (Å²) in [6.07, 6.45) is 1.40. The lowest BCUT2D eigenvalue weighted by Crippen LogP contribution is -2.48. The van der Waals surface area contributed by atoms with Gasteiger partial charge in [-0.15, -0.1) is 0 Å². The summed E-state index contributed by atoms with van der Waals surface area (Å²) in [7, 11) is 1.63. The summed E-state index contributed by atoms with van der Waals surface area (Å²) >= 11 is 0. The van der Waals surface area contributed by atoms with Crippen molar-refractivity contribution >= 4 is 12.0 Å². The molecule has 1 fully saturated rings. The molecule has 2 atom stereocenters. The third kappa shape index (κ3) is 4.52. The molecule has 104 valence electrons. The second-order valence-electron chi connectivity index (χ2n) is 4.87. The van der Waals surface area contributed by atoms with E-state index in [1.807, 2.05) is 6.92 Å². The number of likely N-dealkylation sites (tertiary alicyclic amines) is 1. The van der Waals surface area contributed by atoms with Gasteiger partial charge in [-0.25, -0.2) is 4.79 Å². The van der Waals surface area contributed by atoms with Crippen LogP contribution in [0, 0.1) is 11.8 Å². The van der Waals surface area contributed by atoms with Crippen molar-refractivity contribution in [1.82, 2.24) is 10.2 Å². The number of carboxylic acid groups (broad SMARTS) is 1. The molecule has 1 unspecified atom stereocenters. The topological polar surface area (TPSA) is 78.9 Å². The average molecular weight is 258 g/mol. The highest BCUT2D eigenvalue weighted by molar-refractivity contribution is 5.76. The zero-order valence-electron chi connectivity index (χ0n) is 11.0. The zero-order valence-corrected chi connectivity index (χ0v) is 11.0. The van der Waals surface area contributed by atoms with Gasteiger partial charge in [0.1, 0.15) is 0 Å². The van der Waals surface area contributed by atoms with Gasteiger partial charge in [0.15, 0.2) is 0 Å². The van der Waals surface area contributed by atoms with Gasteiger partial charge >= 0.3 is 12.0 Å². The number of ether oxygens (including phenoxy) is 1. The third-order valence-corrected chi connectivity index (χ3v) is 3.11. The van der Waals surface area contributed by atoms with Crippen LogP contribution in [0.2, 0.25) is 0 Å². The zero-order chi connectivity index (χ0) is 13.5. The van der Waals surface area contributed by atoms with Crippen LogP contribution in [-0.4, -0.2) is 55.4 Å². The van der Waals surface area contributed by atoms with Crippen LogP contribution in [0.4, 0.5) is 4.79 Å². The Hall–Kier alpha value is -1.30. The van der Waals surface area contributed by atoms with Crippen molar-refractivity contribution in [3.8, 4) is 0 Å². The third-order valence-electron chi connectivity index (χ3n) is 3.11. The molecular formula is C12H22N2O4. The SMILES string of the molecule is COCC(C)CNC(=O)N1CCC[C@@H](C(=O)O)C1. The standard InChI is InChI=1S/C12H22N2O4/c1-9(8-18-2)6-13-12(17)14-5-3-4-10(7-14)11(15)16/h9-10H,3-8H2,1-2H3,(H,13,17)(H,15,16)/t9?,10-/m1/s1. The lowest BCUT2D eigenvalue weighted by atomic mass is 9.99. The Morgan fingerprint density at radius 2 is 2.28 bits per heavy atom. The van der Waals surface area contributed by atoms with E-state index in [0.29, 0.717) is 32.7 Å². The lowest BCUT2D eigenvalue weighted by molar-refractivity contribution is -0.143. The number of carbonyl (C=O) groups is 2. The van der Waals surface area contributed by atoms with E-state index in [-0.39, 0.29) is 11.9 Å². The van der Waals surface area contributed by atoms with Crippen LogP contribution in [0.1, 0.15) is 19.8 Å². The number of nitrogens with one attached hydrogen (secondary N) is 1. The molecule has 0 saturated carbocycles. The van der Waals surface area contributed by atoms with Gasteiger partial charge in [-0.2, -0.15) is 0 Å². The van der Waals surface area contributed by atoms with Crippen LogP contribution in [0.15, 0.2) is 0 Å². The van der Waals surface area contributed by atoms with Crippen molar-refractivity contribution in [2.24, 2.45) is 11.8 Å². The van der Waals surface area contributed by atoms with Crippen LogP contribution >= 0.6 is 0 Å². The monoisotopic (exact) mass is 258 g/mol. The van der Waals surface area contributed by atoms with Crippen LogP contribution < -0.4 is 5.32 Å². The number of hydrogen-bond acceptors (Lipinski definition) is 3. The minimum Gasteiger partial charge on any atom is -0.481 e. The van der Waals surface area contributed by atoms with Crippen LogP contribution in [0.5, 0.6) is 0 Å². The highest BCUT2D eigenvalue weighted by Gasteiger charge is 2.27. The van der Waals surface area contributed by atoms with E-state index in [9.17, 15) is 9.59 Å². The molecule has 1 rings (SSSR count). The van der Waals surface area contributed by atoms with Crippen LogP contribution in [0.25, 0.3) is 0 Å². The summed E-state index contributed by atoms with van der Waals surface area (Å²) in [6, 6.07) is -0.177. The van der Waals surface area contributed by atoms with Crippen molar-refractivity contribution in [2.45, 2.75) is 19.8 Å². The molecule has 2 amide bonds. The number of aliphatic carboxylic acids is 1. The molecule has 0 aromatic carbocycles. The molecule has 1 heterocycles. The molecule has 1 saturated heterocycles. The van der Waals surface area contributed by atoms with E-state index in [0.717, 1.165) is 6.42 Å². The number of amides is 2. The Morgan fingerprint density at radius 3 is 2.89 bits per heavy atom. The molecule has 1 aliphatic rings. The summed E-state index contributed by atoms with van der Waals surface area (Å²) in [5.74, 6) is -1.000. The maximum absolute atomic E-state index is 11.9.